The SMILES string of the molecule is CC1(CI)c2cc(C3=Nc4c(c5ccccc5c5ccccc45)NC3)ccc2-c2ccc(-c3ccc4oc5c(c4c3)CCC=C5)cc21. The number of aliphatic imine (C=N–C) groups is 1. The van der Waals surface area contributed by atoms with Crippen LogP contribution in [0.3, 0.4) is 0 Å². The van der Waals surface area contributed by atoms with Crippen molar-refractivity contribution in [1.82, 2.24) is 0 Å². The summed E-state index contributed by atoms with van der Waals surface area (Å²) >= 11 is 2.58. The lowest BCUT2D eigenvalue weighted by Gasteiger charge is -2.26. The molecular weight excluding hydrogens is 687 g/mol. The number of anilines is 1. The summed E-state index contributed by atoms with van der Waals surface area (Å²) < 4.78 is 7.16. The number of allylic oxidation sites excluding steroid dienone is 1. The highest BCUT2D eigenvalue weighted by atomic mass is 127. The molecule has 2 heterocycles. The Morgan fingerprint density at radius 1 is 0.745 bits per heavy atom. The van der Waals surface area contributed by atoms with Crippen molar-refractivity contribution in [1.29, 1.82) is 0 Å². The molecule has 2 aliphatic carbocycles. The Hall–Kier alpha value is -4.68. The second kappa shape index (κ2) is 10.2. The number of halogens is 1. The molecule has 0 saturated carbocycles. The van der Waals surface area contributed by atoms with Crippen molar-refractivity contribution < 1.29 is 4.42 Å². The number of aryl methyl sites for hydroxylation is 1. The molecule has 0 amide bonds. The van der Waals surface area contributed by atoms with Crippen LogP contribution >= 0.6 is 22.6 Å². The van der Waals surface area contributed by atoms with Gasteiger partial charge in [0.2, 0.25) is 0 Å². The Morgan fingerprint density at radius 2 is 1.40 bits per heavy atom. The van der Waals surface area contributed by atoms with Gasteiger partial charge in [0.25, 0.3) is 0 Å². The van der Waals surface area contributed by atoms with Gasteiger partial charge in [-0.2, -0.15) is 0 Å². The predicted molar refractivity (Wildman–Crippen MR) is 206 cm³/mol. The largest absolute Gasteiger partial charge is 0.456 e. The highest BCUT2D eigenvalue weighted by Gasteiger charge is 2.39. The van der Waals surface area contributed by atoms with E-state index in [0.29, 0.717) is 6.54 Å². The van der Waals surface area contributed by atoms with Gasteiger partial charge >= 0.3 is 0 Å². The molecule has 3 nitrogen and oxygen atoms in total. The van der Waals surface area contributed by atoms with E-state index in [9.17, 15) is 0 Å². The van der Waals surface area contributed by atoms with Crippen LogP contribution in [0.5, 0.6) is 0 Å². The standard InChI is InChI=1S/C43H31IN2O/c1-43(24-44)36-21-26(25-16-19-40-35(20-25)32-10-6-7-13-39(32)47-40)14-17-30(36)31-18-15-27(22-37(31)43)38-23-45-41-33-11-4-2-8-28(33)29-9-3-5-12-34(29)42(41)46-38/h2-5,7-9,11-22,45H,6,10,23-24H2,1H3. The Labute approximate surface area is 287 Å². The van der Waals surface area contributed by atoms with E-state index in [2.05, 4.69) is 150 Å². The molecule has 0 bridgehead atoms. The molecular formula is C43H31IN2O. The highest BCUT2D eigenvalue weighted by Crippen LogP contribution is 2.52. The molecule has 4 heteroatoms. The topological polar surface area (TPSA) is 37.5 Å². The van der Waals surface area contributed by atoms with E-state index in [4.69, 9.17) is 9.41 Å². The lowest BCUT2D eigenvalue weighted by molar-refractivity contribution is 0.595. The number of rotatable bonds is 3. The maximum Gasteiger partial charge on any atom is 0.135 e. The zero-order valence-electron chi connectivity index (χ0n) is 26.0. The van der Waals surface area contributed by atoms with Gasteiger partial charge in [-0.15, -0.1) is 0 Å². The quantitative estimate of drug-likeness (QED) is 0.112. The van der Waals surface area contributed by atoms with Crippen molar-refractivity contribution >= 4 is 78.3 Å². The number of furan rings is 1. The molecule has 6 aromatic carbocycles. The molecule has 1 aliphatic heterocycles. The van der Waals surface area contributed by atoms with Crippen LogP contribution in [0.2, 0.25) is 0 Å². The minimum atomic E-state index is -0.107. The van der Waals surface area contributed by atoms with Gasteiger partial charge in [0.05, 0.1) is 23.6 Å². The summed E-state index contributed by atoms with van der Waals surface area (Å²) in [4.78, 5) is 5.39. The summed E-state index contributed by atoms with van der Waals surface area (Å²) in [6.45, 7) is 3.11. The molecule has 7 aromatic rings. The number of alkyl halides is 1. The van der Waals surface area contributed by atoms with Gasteiger partial charge in [-0.3, -0.25) is 0 Å². The fraction of sp³-hybridized carbons (Fsp3) is 0.140. The number of hydrogen-bond acceptors (Lipinski definition) is 3. The second-order valence-electron chi connectivity index (χ2n) is 13.3. The normalized spacial score (nSPS) is 17.7. The first-order valence-electron chi connectivity index (χ1n) is 16.4. The summed E-state index contributed by atoms with van der Waals surface area (Å²) in [5, 5.41) is 9.95. The first-order valence-corrected chi connectivity index (χ1v) is 18.0. The fourth-order valence-electron chi connectivity index (χ4n) is 8.21. The van der Waals surface area contributed by atoms with Crippen LogP contribution < -0.4 is 5.32 Å². The molecule has 0 saturated heterocycles. The smallest absolute Gasteiger partial charge is 0.135 e. The van der Waals surface area contributed by atoms with Crippen molar-refractivity contribution in [2.45, 2.75) is 25.2 Å². The zero-order chi connectivity index (χ0) is 31.3. The summed E-state index contributed by atoms with van der Waals surface area (Å²) in [5.41, 5.74) is 14.6. The summed E-state index contributed by atoms with van der Waals surface area (Å²) in [5.74, 6) is 1.02. The van der Waals surface area contributed by atoms with E-state index >= 15 is 0 Å². The Kier molecular flexibility index (Phi) is 5.93. The molecule has 0 radical (unpaired) electrons. The Morgan fingerprint density at radius 3 is 2.19 bits per heavy atom. The van der Waals surface area contributed by atoms with Crippen LogP contribution in [0.1, 0.15) is 41.4 Å². The van der Waals surface area contributed by atoms with Crippen molar-refractivity contribution in [3.63, 3.8) is 0 Å². The Bertz CT molecular complexity index is 2540. The van der Waals surface area contributed by atoms with E-state index in [1.807, 2.05) is 0 Å². The molecule has 0 fully saturated rings. The third kappa shape index (κ3) is 3.94. The van der Waals surface area contributed by atoms with Crippen molar-refractivity contribution in [3.05, 3.63) is 137 Å². The fourth-order valence-corrected chi connectivity index (χ4v) is 9.03. The van der Waals surface area contributed by atoms with E-state index in [-0.39, 0.29) is 5.41 Å². The lowest BCUT2D eigenvalue weighted by atomic mass is 9.81. The number of nitrogens with zero attached hydrogens (tertiary/aromatic N) is 1. The van der Waals surface area contributed by atoms with Gasteiger partial charge in [-0.05, 0) is 92.9 Å². The van der Waals surface area contributed by atoms with E-state index in [1.54, 1.807) is 0 Å². The molecule has 0 spiro atoms. The molecule has 3 aliphatic rings. The predicted octanol–water partition coefficient (Wildman–Crippen LogP) is 11.6. The lowest BCUT2D eigenvalue weighted by Crippen LogP contribution is -2.24. The van der Waals surface area contributed by atoms with Gasteiger partial charge in [0.15, 0.2) is 0 Å². The van der Waals surface area contributed by atoms with Crippen molar-refractivity contribution in [2.75, 3.05) is 16.3 Å². The molecule has 1 atom stereocenters. The first-order chi connectivity index (χ1) is 23.1. The van der Waals surface area contributed by atoms with Crippen LogP contribution in [0.15, 0.2) is 119 Å². The number of nitrogens with one attached hydrogen (secondary N) is 1. The summed E-state index contributed by atoms with van der Waals surface area (Å²) in [7, 11) is 0. The molecule has 10 rings (SSSR count). The number of benzene rings is 6. The van der Waals surface area contributed by atoms with Gasteiger partial charge < -0.3 is 9.73 Å². The van der Waals surface area contributed by atoms with Gasteiger partial charge in [-0.1, -0.05) is 114 Å². The van der Waals surface area contributed by atoms with E-state index in [1.165, 1.54) is 71.4 Å². The van der Waals surface area contributed by atoms with Crippen LogP contribution in [0.25, 0.3) is 60.8 Å². The average molecular weight is 719 g/mol. The third-order valence-corrected chi connectivity index (χ3v) is 12.2. The number of fused-ring (bicyclic) bond motifs is 12. The van der Waals surface area contributed by atoms with E-state index < -0.39 is 0 Å². The molecule has 226 valence electrons. The average Bonchev–Trinajstić information content (AvgIpc) is 3.63. The zero-order valence-corrected chi connectivity index (χ0v) is 28.2. The highest BCUT2D eigenvalue weighted by molar-refractivity contribution is 14.1. The third-order valence-electron chi connectivity index (χ3n) is 10.7. The van der Waals surface area contributed by atoms with E-state index in [0.717, 1.165) is 45.7 Å². The maximum absolute atomic E-state index is 6.17. The number of hydrogen-bond donors (Lipinski definition) is 1. The molecule has 1 N–H and O–H groups in total. The first kappa shape index (κ1) is 27.4. The van der Waals surface area contributed by atoms with Gasteiger partial charge in [0, 0.05) is 31.6 Å². The van der Waals surface area contributed by atoms with Crippen LogP contribution in [0, 0.1) is 0 Å². The monoisotopic (exact) mass is 718 g/mol. The molecule has 1 unspecified atom stereocenters. The molecule has 1 aromatic heterocycles. The molecule has 47 heavy (non-hydrogen) atoms. The summed E-state index contributed by atoms with van der Waals surface area (Å²) in [6.07, 6.45) is 6.45. The maximum atomic E-state index is 6.17. The van der Waals surface area contributed by atoms with Crippen LogP contribution in [-0.4, -0.2) is 16.7 Å². The Balaban J connectivity index is 1.07. The van der Waals surface area contributed by atoms with Crippen LogP contribution in [-0.2, 0) is 11.8 Å². The summed E-state index contributed by atoms with van der Waals surface area (Å²) in [6, 6.07) is 38.1. The second-order valence-corrected chi connectivity index (χ2v) is 14.1. The van der Waals surface area contributed by atoms with Crippen LogP contribution in [0.4, 0.5) is 11.4 Å². The minimum absolute atomic E-state index is 0.107. The van der Waals surface area contributed by atoms with Gasteiger partial charge in [-0.25, -0.2) is 4.99 Å². The van der Waals surface area contributed by atoms with Gasteiger partial charge in [0.1, 0.15) is 11.3 Å². The minimum Gasteiger partial charge on any atom is -0.456 e. The van der Waals surface area contributed by atoms with Crippen molar-refractivity contribution in [3.8, 4) is 22.3 Å². The van der Waals surface area contributed by atoms with Crippen molar-refractivity contribution in [2.24, 2.45) is 4.99 Å².